The fourth-order valence-corrected chi connectivity index (χ4v) is 2.08. The van der Waals surface area contributed by atoms with E-state index in [1.54, 1.807) is 11.8 Å². The molecule has 0 bridgehead atoms. The Morgan fingerprint density at radius 1 is 1.46 bits per heavy atom. The Kier molecular flexibility index (Phi) is 2.61. The fourth-order valence-electron chi connectivity index (χ4n) is 1.52. The number of thioether (sulfide) groups is 1. The highest BCUT2D eigenvalue weighted by Gasteiger charge is 2.23. The molecule has 0 aromatic heterocycles. The first-order chi connectivity index (χ1) is 6.35. The minimum atomic E-state index is 0.759. The molecule has 1 fully saturated rings. The van der Waals surface area contributed by atoms with E-state index in [0.29, 0.717) is 0 Å². The van der Waals surface area contributed by atoms with Crippen molar-refractivity contribution in [3.05, 3.63) is 35.9 Å². The van der Waals surface area contributed by atoms with Crippen LogP contribution in [0.4, 0.5) is 0 Å². The van der Waals surface area contributed by atoms with Gasteiger partial charge in [0.1, 0.15) is 6.61 Å². The summed E-state index contributed by atoms with van der Waals surface area (Å²) in [4.78, 5) is 1.15. The van der Waals surface area contributed by atoms with Gasteiger partial charge in [-0.1, -0.05) is 12.1 Å². The Bertz CT molecular complexity index is 305. The second-order valence-corrected chi connectivity index (χ2v) is 4.25. The number of aliphatic hydroxyl groups is 1. The monoisotopic (exact) mass is 193 g/mol. The van der Waals surface area contributed by atoms with E-state index in [-0.39, 0.29) is 0 Å². The Morgan fingerprint density at radius 3 is 2.77 bits per heavy atom. The van der Waals surface area contributed by atoms with Gasteiger partial charge in [0.2, 0.25) is 0 Å². The van der Waals surface area contributed by atoms with E-state index in [9.17, 15) is 0 Å². The van der Waals surface area contributed by atoms with Crippen molar-refractivity contribution in [3.8, 4) is 0 Å². The van der Waals surface area contributed by atoms with E-state index in [2.05, 4.69) is 18.2 Å². The molecule has 13 heavy (non-hydrogen) atoms. The second kappa shape index (κ2) is 3.72. The smallest absolute Gasteiger partial charge is 0.110 e. The molecular formula is C11H13OS. The molecule has 2 rings (SSSR count). The molecule has 69 valence electrons. The van der Waals surface area contributed by atoms with Crippen molar-refractivity contribution in [1.29, 1.82) is 0 Å². The first-order valence-corrected chi connectivity index (χ1v) is 5.73. The number of benzene rings is 1. The highest BCUT2D eigenvalue weighted by Crippen LogP contribution is 2.41. The molecule has 0 unspecified atom stereocenters. The molecule has 0 aliphatic heterocycles. The fraction of sp³-hybridized carbons (Fsp3) is 0.364. The van der Waals surface area contributed by atoms with Gasteiger partial charge in [-0.15, -0.1) is 11.8 Å². The molecule has 1 aromatic rings. The third-order valence-electron chi connectivity index (χ3n) is 2.44. The second-order valence-electron chi connectivity index (χ2n) is 3.40. The lowest BCUT2D eigenvalue weighted by atomic mass is 10.1. The van der Waals surface area contributed by atoms with Gasteiger partial charge in [0.05, 0.1) is 0 Å². The van der Waals surface area contributed by atoms with Crippen molar-refractivity contribution in [2.75, 3.05) is 6.26 Å². The third-order valence-corrected chi connectivity index (χ3v) is 3.25. The number of hydrogen-bond donors (Lipinski definition) is 1. The molecule has 1 nitrogen and oxygen atoms in total. The zero-order valence-corrected chi connectivity index (χ0v) is 8.47. The van der Waals surface area contributed by atoms with Crippen LogP contribution in [0.3, 0.4) is 0 Å². The van der Waals surface area contributed by atoms with Crippen LogP contribution in [0.1, 0.15) is 29.9 Å². The minimum absolute atomic E-state index is 0.759. The van der Waals surface area contributed by atoms with E-state index >= 15 is 0 Å². The number of rotatable bonds is 3. The third kappa shape index (κ3) is 1.89. The predicted molar refractivity (Wildman–Crippen MR) is 55.5 cm³/mol. The van der Waals surface area contributed by atoms with Gasteiger partial charge in [0.15, 0.2) is 0 Å². The molecule has 1 aliphatic carbocycles. The largest absolute Gasteiger partial charge is 0.385 e. The average Bonchev–Trinajstić information content (AvgIpc) is 3.00. The average molecular weight is 193 g/mol. The SMILES string of the molecule is CSc1ccc(C2CC2)cc1[CH]O. The van der Waals surface area contributed by atoms with Crippen molar-refractivity contribution in [2.45, 2.75) is 23.7 Å². The van der Waals surface area contributed by atoms with Crippen LogP contribution >= 0.6 is 11.8 Å². The van der Waals surface area contributed by atoms with Gasteiger partial charge in [0, 0.05) is 4.90 Å². The van der Waals surface area contributed by atoms with Crippen LogP contribution in [0, 0.1) is 6.61 Å². The molecule has 1 aromatic carbocycles. The Morgan fingerprint density at radius 2 is 2.23 bits per heavy atom. The summed E-state index contributed by atoms with van der Waals surface area (Å²) in [5.74, 6) is 0.759. The van der Waals surface area contributed by atoms with Crippen molar-refractivity contribution >= 4 is 11.8 Å². The van der Waals surface area contributed by atoms with Gasteiger partial charge in [-0.2, -0.15) is 0 Å². The first kappa shape index (κ1) is 9.10. The van der Waals surface area contributed by atoms with Crippen LogP contribution < -0.4 is 0 Å². The van der Waals surface area contributed by atoms with Gasteiger partial charge in [-0.25, -0.2) is 0 Å². The Balaban J connectivity index is 2.31. The summed E-state index contributed by atoms with van der Waals surface area (Å²) >= 11 is 1.67. The molecule has 0 atom stereocenters. The molecule has 0 saturated heterocycles. The lowest BCUT2D eigenvalue weighted by molar-refractivity contribution is 0.412. The highest BCUT2D eigenvalue weighted by atomic mass is 32.2. The summed E-state index contributed by atoms with van der Waals surface area (Å²) in [5.41, 5.74) is 2.33. The normalized spacial score (nSPS) is 16.2. The summed E-state index contributed by atoms with van der Waals surface area (Å²) in [6, 6.07) is 6.38. The first-order valence-electron chi connectivity index (χ1n) is 4.50. The van der Waals surface area contributed by atoms with Crippen LogP contribution in [-0.2, 0) is 0 Å². The number of hydrogen-bond acceptors (Lipinski definition) is 2. The lowest BCUT2D eigenvalue weighted by Crippen LogP contribution is -1.88. The van der Waals surface area contributed by atoms with Crippen LogP contribution in [-0.4, -0.2) is 11.4 Å². The molecule has 2 heteroatoms. The molecule has 0 amide bonds. The molecule has 1 N–H and O–H groups in total. The van der Waals surface area contributed by atoms with Crippen molar-refractivity contribution in [1.82, 2.24) is 0 Å². The molecular weight excluding hydrogens is 180 g/mol. The van der Waals surface area contributed by atoms with Crippen molar-refractivity contribution in [2.24, 2.45) is 0 Å². The molecule has 1 aliphatic rings. The van der Waals surface area contributed by atoms with Crippen LogP contribution in [0.15, 0.2) is 23.1 Å². The lowest BCUT2D eigenvalue weighted by Gasteiger charge is -2.06. The maximum absolute atomic E-state index is 9.04. The predicted octanol–water partition coefficient (Wildman–Crippen LogP) is 3.17. The summed E-state index contributed by atoms with van der Waals surface area (Å²) in [7, 11) is 0. The molecule has 1 radical (unpaired) electrons. The summed E-state index contributed by atoms with van der Waals surface area (Å²) in [5, 5.41) is 9.04. The van der Waals surface area contributed by atoms with E-state index < -0.39 is 0 Å². The van der Waals surface area contributed by atoms with Crippen LogP contribution in [0.5, 0.6) is 0 Å². The summed E-state index contributed by atoms with van der Waals surface area (Å²) in [6.45, 7) is 1.21. The molecule has 0 heterocycles. The van der Waals surface area contributed by atoms with E-state index in [1.165, 1.54) is 25.0 Å². The van der Waals surface area contributed by atoms with Crippen LogP contribution in [0.2, 0.25) is 0 Å². The Hall–Kier alpha value is -0.470. The minimum Gasteiger partial charge on any atom is -0.385 e. The van der Waals surface area contributed by atoms with Gasteiger partial charge in [0.25, 0.3) is 0 Å². The van der Waals surface area contributed by atoms with Crippen molar-refractivity contribution < 1.29 is 5.11 Å². The summed E-state index contributed by atoms with van der Waals surface area (Å²) in [6.07, 6.45) is 4.64. The zero-order valence-electron chi connectivity index (χ0n) is 7.66. The van der Waals surface area contributed by atoms with Gasteiger partial charge in [-0.05, 0) is 42.2 Å². The maximum atomic E-state index is 9.04. The highest BCUT2D eigenvalue weighted by molar-refractivity contribution is 7.98. The molecule has 0 spiro atoms. The standard InChI is InChI=1S/C11H13OS/c1-13-11-5-4-9(8-2-3-8)6-10(11)7-12/h4-8,12H,2-3H2,1H3. The summed E-state index contributed by atoms with van der Waals surface area (Å²) < 4.78 is 0. The molecule has 1 saturated carbocycles. The zero-order chi connectivity index (χ0) is 9.26. The van der Waals surface area contributed by atoms with Crippen molar-refractivity contribution in [3.63, 3.8) is 0 Å². The van der Waals surface area contributed by atoms with Gasteiger partial charge in [-0.3, -0.25) is 0 Å². The van der Waals surface area contributed by atoms with Gasteiger partial charge >= 0.3 is 0 Å². The van der Waals surface area contributed by atoms with E-state index in [0.717, 1.165) is 16.4 Å². The maximum Gasteiger partial charge on any atom is 0.110 e. The Labute approximate surface area is 83.2 Å². The van der Waals surface area contributed by atoms with E-state index in [4.69, 9.17) is 5.11 Å². The topological polar surface area (TPSA) is 20.2 Å². The quantitative estimate of drug-likeness (QED) is 0.744. The van der Waals surface area contributed by atoms with E-state index in [1.807, 2.05) is 6.26 Å². The number of aliphatic hydroxyl groups excluding tert-OH is 1. The van der Waals surface area contributed by atoms with Crippen LogP contribution in [0.25, 0.3) is 0 Å². The van der Waals surface area contributed by atoms with Gasteiger partial charge < -0.3 is 5.11 Å².